The van der Waals surface area contributed by atoms with Crippen molar-refractivity contribution in [3.05, 3.63) is 35.4 Å². The summed E-state index contributed by atoms with van der Waals surface area (Å²) in [5, 5.41) is 0. The second kappa shape index (κ2) is 6.72. The van der Waals surface area contributed by atoms with Crippen LogP contribution in [0.1, 0.15) is 17.5 Å². The minimum absolute atomic E-state index is 0.0736. The van der Waals surface area contributed by atoms with E-state index in [1.807, 2.05) is 31.2 Å². The molecule has 0 spiro atoms. The fourth-order valence-electron chi connectivity index (χ4n) is 2.70. The Balaban J connectivity index is 2.10. The first-order valence-corrected chi connectivity index (χ1v) is 7.00. The van der Waals surface area contributed by atoms with Gasteiger partial charge in [0, 0.05) is 20.1 Å². The smallest absolute Gasteiger partial charge is 0.328 e. The number of amides is 1. The molecule has 5 heteroatoms. The Morgan fingerprint density at radius 1 is 1.33 bits per heavy atom. The first-order valence-electron chi connectivity index (χ1n) is 7.00. The van der Waals surface area contributed by atoms with Crippen molar-refractivity contribution in [1.29, 1.82) is 0 Å². The number of hydrogen-bond acceptors (Lipinski definition) is 4. The molecule has 0 unspecified atom stereocenters. The summed E-state index contributed by atoms with van der Waals surface area (Å²) in [6, 6.07) is 7.27. The minimum atomic E-state index is -0.544. The molecular formula is C16H21NO4. The van der Waals surface area contributed by atoms with Crippen LogP contribution in [0.3, 0.4) is 0 Å². The quantitative estimate of drug-likeness (QED) is 0.785. The van der Waals surface area contributed by atoms with Gasteiger partial charge in [0.2, 0.25) is 5.91 Å². The Kier molecular flexibility index (Phi) is 4.96. The second-order valence-corrected chi connectivity index (χ2v) is 5.34. The zero-order valence-electron chi connectivity index (χ0n) is 12.7. The number of carbonyl (C=O) groups excluding carboxylic acids is 2. The number of likely N-dealkylation sites (tertiary alicyclic amines) is 1. The monoisotopic (exact) mass is 291 g/mol. The lowest BCUT2D eigenvalue weighted by molar-refractivity contribution is -0.150. The summed E-state index contributed by atoms with van der Waals surface area (Å²) < 4.78 is 10.1. The topological polar surface area (TPSA) is 55.8 Å². The zero-order chi connectivity index (χ0) is 15.4. The number of methoxy groups -OCH3 is 2. The lowest BCUT2D eigenvalue weighted by Crippen LogP contribution is -2.42. The van der Waals surface area contributed by atoms with Crippen molar-refractivity contribution in [3.63, 3.8) is 0 Å². The maximum absolute atomic E-state index is 12.5. The minimum Gasteiger partial charge on any atom is -0.467 e. The van der Waals surface area contributed by atoms with Gasteiger partial charge in [-0.15, -0.1) is 0 Å². The zero-order valence-corrected chi connectivity index (χ0v) is 12.7. The van der Waals surface area contributed by atoms with Crippen molar-refractivity contribution in [1.82, 2.24) is 4.90 Å². The van der Waals surface area contributed by atoms with Crippen LogP contribution in [0.2, 0.25) is 0 Å². The third kappa shape index (κ3) is 3.61. The molecule has 5 nitrogen and oxygen atoms in total. The highest BCUT2D eigenvalue weighted by Gasteiger charge is 2.40. The van der Waals surface area contributed by atoms with Gasteiger partial charge in [0.25, 0.3) is 0 Å². The molecule has 1 saturated heterocycles. The fraction of sp³-hybridized carbons (Fsp3) is 0.500. The summed E-state index contributed by atoms with van der Waals surface area (Å²) in [7, 11) is 2.93. The fourth-order valence-corrected chi connectivity index (χ4v) is 2.70. The van der Waals surface area contributed by atoms with Gasteiger partial charge in [-0.05, 0) is 12.5 Å². The van der Waals surface area contributed by atoms with E-state index in [1.165, 1.54) is 7.11 Å². The first-order chi connectivity index (χ1) is 10.0. The summed E-state index contributed by atoms with van der Waals surface area (Å²) in [4.78, 5) is 25.9. The number of benzene rings is 1. The molecule has 114 valence electrons. The van der Waals surface area contributed by atoms with Crippen molar-refractivity contribution >= 4 is 11.9 Å². The van der Waals surface area contributed by atoms with Gasteiger partial charge in [0.1, 0.15) is 6.04 Å². The summed E-state index contributed by atoms with van der Waals surface area (Å²) in [6.45, 7) is 2.42. The highest BCUT2D eigenvalue weighted by atomic mass is 16.5. The molecule has 1 aliphatic heterocycles. The van der Waals surface area contributed by atoms with Gasteiger partial charge in [0.15, 0.2) is 0 Å². The summed E-state index contributed by atoms with van der Waals surface area (Å²) in [5.41, 5.74) is 2.06. The van der Waals surface area contributed by atoms with Gasteiger partial charge in [0.05, 0.1) is 19.6 Å². The average Bonchev–Trinajstić information content (AvgIpc) is 2.91. The van der Waals surface area contributed by atoms with Gasteiger partial charge in [-0.25, -0.2) is 4.79 Å². The molecule has 1 fully saturated rings. The van der Waals surface area contributed by atoms with E-state index in [1.54, 1.807) is 12.0 Å². The maximum Gasteiger partial charge on any atom is 0.328 e. The Morgan fingerprint density at radius 2 is 2.10 bits per heavy atom. The number of aryl methyl sites for hydroxylation is 1. The van der Waals surface area contributed by atoms with Crippen LogP contribution in [0, 0.1) is 6.92 Å². The molecule has 0 aromatic heterocycles. The van der Waals surface area contributed by atoms with Gasteiger partial charge in [-0.2, -0.15) is 0 Å². The standard InChI is InChI=1S/C16H21NO4/c1-11-5-4-6-12(7-11)8-15(18)17-10-13(20-2)9-14(17)16(19)21-3/h4-7,13-14H,8-10H2,1-3H3/t13-,14-/m0/s1. The average molecular weight is 291 g/mol. The molecule has 0 N–H and O–H groups in total. The number of nitrogens with zero attached hydrogens (tertiary/aromatic N) is 1. The molecule has 2 rings (SSSR count). The van der Waals surface area contributed by atoms with E-state index in [4.69, 9.17) is 9.47 Å². The van der Waals surface area contributed by atoms with Crippen molar-refractivity contribution in [2.24, 2.45) is 0 Å². The van der Waals surface area contributed by atoms with Gasteiger partial charge in [-0.3, -0.25) is 4.79 Å². The third-order valence-electron chi connectivity index (χ3n) is 3.83. The SMILES string of the molecule is COC(=O)[C@@H]1C[C@H](OC)CN1C(=O)Cc1cccc(C)c1. The molecule has 0 aliphatic carbocycles. The number of esters is 1. The number of carbonyl (C=O) groups is 2. The maximum atomic E-state index is 12.5. The lowest BCUT2D eigenvalue weighted by atomic mass is 10.1. The lowest BCUT2D eigenvalue weighted by Gasteiger charge is -2.22. The molecule has 1 aromatic rings. The largest absolute Gasteiger partial charge is 0.467 e. The van der Waals surface area contributed by atoms with Gasteiger partial charge in [-0.1, -0.05) is 29.8 Å². The van der Waals surface area contributed by atoms with Crippen molar-refractivity contribution in [2.75, 3.05) is 20.8 Å². The molecule has 1 aliphatic rings. The molecule has 1 aromatic carbocycles. The van der Waals surface area contributed by atoms with E-state index in [-0.39, 0.29) is 24.4 Å². The van der Waals surface area contributed by atoms with E-state index in [9.17, 15) is 9.59 Å². The third-order valence-corrected chi connectivity index (χ3v) is 3.83. The molecule has 21 heavy (non-hydrogen) atoms. The van der Waals surface area contributed by atoms with Crippen LogP contribution in [0.25, 0.3) is 0 Å². The van der Waals surface area contributed by atoms with Crippen molar-refractivity contribution in [2.45, 2.75) is 31.9 Å². The van der Waals surface area contributed by atoms with Crippen molar-refractivity contribution < 1.29 is 19.1 Å². The van der Waals surface area contributed by atoms with Crippen LogP contribution >= 0.6 is 0 Å². The number of rotatable bonds is 4. The highest BCUT2D eigenvalue weighted by Crippen LogP contribution is 2.22. The number of hydrogen-bond donors (Lipinski definition) is 0. The summed E-state index contributed by atoms with van der Waals surface area (Å²) in [6.07, 6.45) is 0.657. The van der Waals surface area contributed by atoms with Crippen LogP contribution in [-0.2, 0) is 25.5 Å². The van der Waals surface area contributed by atoms with Crippen LogP contribution in [-0.4, -0.2) is 49.7 Å². The van der Waals surface area contributed by atoms with E-state index in [0.29, 0.717) is 13.0 Å². The Morgan fingerprint density at radius 3 is 2.71 bits per heavy atom. The second-order valence-electron chi connectivity index (χ2n) is 5.34. The molecule has 0 saturated carbocycles. The Hall–Kier alpha value is -1.88. The van der Waals surface area contributed by atoms with Crippen molar-refractivity contribution in [3.8, 4) is 0 Å². The van der Waals surface area contributed by atoms with Crippen LogP contribution in [0.15, 0.2) is 24.3 Å². The molecule has 1 heterocycles. The van der Waals surface area contributed by atoms with E-state index in [0.717, 1.165) is 11.1 Å². The first kappa shape index (κ1) is 15.5. The molecule has 0 bridgehead atoms. The number of ether oxygens (including phenoxy) is 2. The van der Waals surface area contributed by atoms with Crippen LogP contribution < -0.4 is 0 Å². The predicted octanol–water partition coefficient (Wildman–Crippen LogP) is 1.33. The normalized spacial score (nSPS) is 21.4. The summed E-state index contributed by atoms with van der Waals surface area (Å²) >= 11 is 0. The predicted molar refractivity (Wildman–Crippen MR) is 77.8 cm³/mol. The molecule has 1 amide bonds. The molecule has 0 radical (unpaired) electrons. The van der Waals surface area contributed by atoms with Gasteiger partial charge < -0.3 is 14.4 Å². The van der Waals surface area contributed by atoms with Crippen LogP contribution in [0.5, 0.6) is 0 Å². The molecular weight excluding hydrogens is 270 g/mol. The highest BCUT2D eigenvalue weighted by molar-refractivity contribution is 5.86. The van der Waals surface area contributed by atoms with Crippen LogP contribution in [0.4, 0.5) is 0 Å². The Labute approximate surface area is 124 Å². The van der Waals surface area contributed by atoms with E-state index < -0.39 is 6.04 Å². The molecule has 2 atom stereocenters. The van der Waals surface area contributed by atoms with E-state index in [2.05, 4.69) is 0 Å². The van der Waals surface area contributed by atoms with Gasteiger partial charge >= 0.3 is 5.97 Å². The van der Waals surface area contributed by atoms with E-state index >= 15 is 0 Å². The Bertz CT molecular complexity index is 529. The summed E-state index contributed by atoms with van der Waals surface area (Å²) in [5.74, 6) is -0.456.